The SMILES string of the molecule is CC(=O)N(C(C)=O)c1cc(C(=O)O)c(I)c(I)c1I. The van der Waals surface area contributed by atoms with Gasteiger partial charge >= 0.3 is 5.97 Å². The monoisotopic (exact) mass is 599 g/mol. The fourth-order valence-electron chi connectivity index (χ4n) is 1.47. The van der Waals surface area contributed by atoms with Crippen LogP contribution in [0.1, 0.15) is 24.2 Å². The van der Waals surface area contributed by atoms with Gasteiger partial charge in [-0.15, -0.1) is 0 Å². The van der Waals surface area contributed by atoms with Crippen LogP contribution in [0.2, 0.25) is 0 Å². The van der Waals surface area contributed by atoms with E-state index in [2.05, 4.69) is 0 Å². The zero-order chi connectivity index (χ0) is 14.9. The molecule has 0 unspecified atom stereocenters. The molecule has 0 fully saturated rings. The van der Waals surface area contributed by atoms with Gasteiger partial charge in [0.05, 0.1) is 14.8 Å². The van der Waals surface area contributed by atoms with Crippen molar-refractivity contribution in [3.63, 3.8) is 0 Å². The predicted molar refractivity (Wildman–Crippen MR) is 95.4 cm³/mol. The number of anilines is 1. The Morgan fingerprint density at radius 1 is 1.00 bits per heavy atom. The second-order valence-electron chi connectivity index (χ2n) is 3.56. The highest BCUT2D eigenvalue weighted by Crippen LogP contribution is 2.33. The number of carboxylic acids is 1. The van der Waals surface area contributed by atoms with Crippen LogP contribution in [-0.2, 0) is 9.59 Å². The lowest BCUT2D eigenvalue weighted by atomic mass is 10.2. The summed E-state index contributed by atoms with van der Waals surface area (Å²) in [7, 11) is 0. The zero-order valence-electron chi connectivity index (χ0n) is 9.83. The molecule has 0 spiro atoms. The van der Waals surface area contributed by atoms with Crippen LogP contribution in [0.4, 0.5) is 5.69 Å². The number of aromatic carboxylic acids is 1. The van der Waals surface area contributed by atoms with Crippen LogP contribution in [0.15, 0.2) is 6.07 Å². The van der Waals surface area contributed by atoms with Gasteiger partial charge in [-0.3, -0.25) is 9.59 Å². The Morgan fingerprint density at radius 3 is 1.84 bits per heavy atom. The lowest BCUT2D eigenvalue weighted by Gasteiger charge is -2.21. The number of amides is 2. The minimum absolute atomic E-state index is 0.0768. The molecular weight excluding hydrogens is 591 g/mol. The molecule has 0 aromatic heterocycles. The largest absolute Gasteiger partial charge is 0.478 e. The number of carboxylic acid groups (broad SMARTS) is 1. The van der Waals surface area contributed by atoms with E-state index in [0.29, 0.717) is 16.4 Å². The molecule has 5 nitrogen and oxygen atoms in total. The summed E-state index contributed by atoms with van der Waals surface area (Å²) in [6, 6.07) is 1.36. The number of nitrogens with zero attached hydrogens (tertiary/aromatic N) is 1. The quantitative estimate of drug-likeness (QED) is 0.420. The molecule has 0 radical (unpaired) electrons. The summed E-state index contributed by atoms with van der Waals surface area (Å²) < 4.78 is 1.98. The van der Waals surface area contributed by atoms with Crippen molar-refractivity contribution in [2.24, 2.45) is 0 Å². The molecular formula is C11H8I3NO4. The van der Waals surface area contributed by atoms with Crippen LogP contribution in [0.25, 0.3) is 0 Å². The first-order chi connectivity index (χ1) is 8.68. The van der Waals surface area contributed by atoms with E-state index in [1.807, 2.05) is 67.8 Å². The van der Waals surface area contributed by atoms with Crippen LogP contribution in [0, 0.1) is 10.7 Å². The Hall–Kier alpha value is 0.0200. The average molecular weight is 599 g/mol. The molecule has 0 heterocycles. The first kappa shape index (κ1) is 17.1. The minimum atomic E-state index is -1.09. The van der Waals surface area contributed by atoms with Crippen LogP contribution in [0.3, 0.4) is 0 Å². The van der Waals surface area contributed by atoms with Crippen LogP contribution < -0.4 is 4.90 Å². The van der Waals surface area contributed by atoms with Crippen LogP contribution >= 0.6 is 67.8 Å². The van der Waals surface area contributed by atoms with Gasteiger partial charge in [0, 0.05) is 21.0 Å². The second-order valence-corrected chi connectivity index (χ2v) is 6.80. The van der Waals surface area contributed by atoms with Gasteiger partial charge in [-0.1, -0.05) is 0 Å². The van der Waals surface area contributed by atoms with Gasteiger partial charge in [-0.05, 0) is 73.8 Å². The number of imide groups is 1. The molecule has 19 heavy (non-hydrogen) atoms. The number of hydrogen-bond acceptors (Lipinski definition) is 3. The molecule has 0 aliphatic heterocycles. The minimum Gasteiger partial charge on any atom is -0.478 e. The number of rotatable bonds is 2. The maximum Gasteiger partial charge on any atom is 0.336 e. The summed E-state index contributed by atoms with van der Waals surface area (Å²) in [5.74, 6) is -1.98. The van der Waals surface area contributed by atoms with Gasteiger partial charge < -0.3 is 5.11 Å². The smallest absolute Gasteiger partial charge is 0.336 e. The zero-order valence-corrected chi connectivity index (χ0v) is 16.3. The molecule has 0 aliphatic carbocycles. The average Bonchev–Trinajstić information content (AvgIpc) is 2.28. The number of carbonyl (C=O) groups excluding carboxylic acids is 2. The van der Waals surface area contributed by atoms with E-state index in [-0.39, 0.29) is 5.56 Å². The third-order valence-electron chi connectivity index (χ3n) is 2.23. The third-order valence-corrected chi connectivity index (χ3v) is 7.58. The van der Waals surface area contributed by atoms with E-state index in [1.54, 1.807) is 0 Å². The summed E-state index contributed by atoms with van der Waals surface area (Å²) in [6.07, 6.45) is 0. The van der Waals surface area contributed by atoms with E-state index < -0.39 is 17.8 Å². The molecule has 0 bridgehead atoms. The van der Waals surface area contributed by atoms with Gasteiger partial charge in [0.1, 0.15) is 0 Å². The molecule has 0 saturated carbocycles. The molecule has 1 rings (SSSR count). The molecule has 8 heteroatoms. The van der Waals surface area contributed by atoms with Crippen molar-refractivity contribution in [2.45, 2.75) is 13.8 Å². The summed E-state index contributed by atoms with van der Waals surface area (Å²) in [5.41, 5.74) is 0.385. The van der Waals surface area contributed by atoms with Crippen molar-refractivity contribution in [1.29, 1.82) is 0 Å². The molecule has 2 amide bonds. The van der Waals surface area contributed by atoms with Crippen LogP contribution in [0.5, 0.6) is 0 Å². The predicted octanol–water partition coefficient (Wildman–Crippen LogP) is 3.10. The lowest BCUT2D eigenvalue weighted by Crippen LogP contribution is -2.34. The molecule has 1 aromatic rings. The lowest BCUT2D eigenvalue weighted by molar-refractivity contribution is -0.124. The topological polar surface area (TPSA) is 74.7 Å². The number of carbonyl (C=O) groups is 3. The van der Waals surface area contributed by atoms with E-state index in [0.717, 1.165) is 4.90 Å². The van der Waals surface area contributed by atoms with Crippen molar-refractivity contribution in [1.82, 2.24) is 0 Å². The third kappa shape index (κ3) is 3.56. The first-order valence-electron chi connectivity index (χ1n) is 4.90. The standard InChI is InChI=1S/C11H8I3NO4/c1-4(16)15(5(2)17)7-3-6(11(18)19)8(12)10(14)9(7)13/h3H,1-2H3,(H,18,19). The number of halogens is 3. The van der Waals surface area contributed by atoms with Crippen LogP contribution in [-0.4, -0.2) is 22.9 Å². The van der Waals surface area contributed by atoms with Crippen molar-refractivity contribution >= 4 is 91.2 Å². The van der Waals surface area contributed by atoms with E-state index >= 15 is 0 Å². The van der Waals surface area contributed by atoms with Crippen molar-refractivity contribution < 1.29 is 19.5 Å². The Balaban J connectivity index is 3.64. The summed E-state index contributed by atoms with van der Waals surface area (Å²) in [4.78, 5) is 35.3. The Morgan fingerprint density at radius 2 is 1.47 bits per heavy atom. The van der Waals surface area contributed by atoms with Gasteiger partial charge in [0.15, 0.2) is 0 Å². The normalized spacial score (nSPS) is 10.2. The van der Waals surface area contributed by atoms with Crippen molar-refractivity contribution in [3.8, 4) is 0 Å². The molecule has 0 atom stereocenters. The molecule has 0 aliphatic rings. The Kier molecular flexibility index (Phi) is 5.97. The highest BCUT2D eigenvalue weighted by atomic mass is 127. The second kappa shape index (κ2) is 6.65. The van der Waals surface area contributed by atoms with E-state index in [9.17, 15) is 14.4 Å². The fourth-order valence-corrected chi connectivity index (χ4v) is 3.88. The van der Waals surface area contributed by atoms with E-state index in [4.69, 9.17) is 5.11 Å². The highest BCUT2D eigenvalue weighted by Gasteiger charge is 2.24. The van der Waals surface area contributed by atoms with Crippen molar-refractivity contribution in [2.75, 3.05) is 4.90 Å². The molecule has 102 valence electrons. The fraction of sp³-hybridized carbons (Fsp3) is 0.182. The van der Waals surface area contributed by atoms with Gasteiger partial charge in [0.2, 0.25) is 11.8 Å². The highest BCUT2D eigenvalue weighted by molar-refractivity contribution is 14.1. The maximum atomic E-state index is 11.6. The Labute approximate surface area is 150 Å². The van der Waals surface area contributed by atoms with Crippen molar-refractivity contribution in [3.05, 3.63) is 22.3 Å². The van der Waals surface area contributed by atoms with Gasteiger partial charge in [-0.25, -0.2) is 9.69 Å². The van der Waals surface area contributed by atoms with Gasteiger partial charge in [-0.2, -0.15) is 0 Å². The maximum absolute atomic E-state index is 11.6. The summed E-state index contributed by atoms with van der Waals surface area (Å²) in [6.45, 7) is 2.53. The first-order valence-corrected chi connectivity index (χ1v) is 8.14. The summed E-state index contributed by atoms with van der Waals surface area (Å²) in [5, 5.41) is 9.17. The summed E-state index contributed by atoms with van der Waals surface area (Å²) >= 11 is 5.95. The van der Waals surface area contributed by atoms with E-state index in [1.165, 1.54) is 19.9 Å². The molecule has 0 saturated heterocycles. The number of hydrogen-bond donors (Lipinski definition) is 1. The van der Waals surface area contributed by atoms with Gasteiger partial charge in [0.25, 0.3) is 0 Å². The molecule has 1 aromatic carbocycles. The Bertz CT molecular complexity index is 572. The number of benzene rings is 1. The molecule has 1 N–H and O–H groups in total.